The van der Waals surface area contributed by atoms with Crippen LogP contribution in [0.2, 0.25) is 0 Å². The van der Waals surface area contributed by atoms with Crippen molar-refractivity contribution in [1.82, 2.24) is 0 Å². The molecule has 84 valence electrons. The average Bonchev–Trinajstić information content (AvgIpc) is 2.09. The summed E-state index contributed by atoms with van der Waals surface area (Å²) in [7, 11) is 0. The zero-order valence-electron chi connectivity index (χ0n) is 9.20. The molecule has 0 radical (unpaired) electrons. The minimum Gasteiger partial charge on any atom is -0.481 e. The van der Waals surface area contributed by atoms with Crippen LogP contribution in [-0.2, 0) is 4.79 Å². The highest BCUT2D eigenvalue weighted by atomic mass is 16.4. The Hall–Kier alpha value is -0.570. The molecule has 0 spiro atoms. The van der Waals surface area contributed by atoms with Gasteiger partial charge in [0.25, 0.3) is 0 Å². The van der Waals surface area contributed by atoms with Crippen molar-refractivity contribution in [3.63, 3.8) is 0 Å². The summed E-state index contributed by atoms with van der Waals surface area (Å²) < 4.78 is 0. The molecule has 14 heavy (non-hydrogen) atoms. The number of aliphatic carboxylic acids is 1. The van der Waals surface area contributed by atoms with Crippen LogP contribution in [0.15, 0.2) is 0 Å². The summed E-state index contributed by atoms with van der Waals surface area (Å²) >= 11 is 0. The van der Waals surface area contributed by atoms with Gasteiger partial charge in [-0.15, -0.1) is 0 Å². The first-order valence-electron chi connectivity index (χ1n) is 5.48. The number of hydrogen-bond acceptors (Lipinski definition) is 2. The Labute approximate surface area is 86.1 Å². The number of aliphatic hydroxyl groups excluding tert-OH is 1. The van der Waals surface area contributed by atoms with Gasteiger partial charge in [-0.05, 0) is 26.2 Å². The standard InChI is InChI=1S/C11H22O3/c1-3-6-10(11(13)14)8-5-4-7-9(2)12/h9-10,12H,3-8H2,1-2H3,(H,13,14)/t9-,10+/m0/s1. The Balaban J connectivity index is 3.56. The van der Waals surface area contributed by atoms with Crippen molar-refractivity contribution >= 4 is 5.97 Å². The Kier molecular flexibility index (Phi) is 7.48. The molecule has 0 heterocycles. The number of carboxylic acid groups (broad SMARTS) is 1. The molecule has 0 aliphatic heterocycles. The molecule has 3 nitrogen and oxygen atoms in total. The molecule has 0 bridgehead atoms. The minimum absolute atomic E-state index is 0.186. The van der Waals surface area contributed by atoms with Gasteiger partial charge in [-0.1, -0.05) is 26.2 Å². The lowest BCUT2D eigenvalue weighted by Gasteiger charge is -2.10. The highest BCUT2D eigenvalue weighted by Gasteiger charge is 2.15. The van der Waals surface area contributed by atoms with Crippen molar-refractivity contribution < 1.29 is 15.0 Å². The highest BCUT2D eigenvalue weighted by Crippen LogP contribution is 2.16. The van der Waals surface area contributed by atoms with E-state index in [4.69, 9.17) is 10.2 Å². The zero-order chi connectivity index (χ0) is 11.0. The third kappa shape index (κ3) is 6.89. The lowest BCUT2D eigenvalue weighted by atomic mass is 9.96. The quantitative estimate of drug-likeness (QED) is 0.594. The number of unbranched alkanes of at least 4 members (excludes halogenated alkanes) is 1. The first-order chi connectivity index (χ1) is 6.57. The summed E-state index contributed by atoms with van der Waals surface area (Å²) in [5.41, 5.74) is 0. The lowest BCUT2D eigenvalue weighted by molar-refractivity contribution is -0.142. The molecular formula is C11H22O3. The Morgan fingerprint density at radius 2 is 1.79 bits per heavy atom. The predicted molar refractivity (Wildman–Crippen MR) is 56.2 cm³/mol. The third-order valence-corrected chi connectivity index (χ3v) is 2.41. The van der Waals surface area contributed by atoms with Crippen molar-refractivity contribution in [2.75, 3.05) is 0 Å². The Morgan fingerprint density at radius 3 is 2.21 bits per heavy atom. The molecule has 2 atom stereocenters. The molecule has 0 aliphatic rings. The van der Waals surface area contributed by atoms with E-state index < -0.39 is 5.97 Å². The molecule has 0 saturated heterocycles. The van der Waals surface area contributed by atoms with Gasteiger partial charge >= 0.3 is 5.97 Å². The van der Waals surface area contributed by atoms with Crippen LogP contribution in [-0.4, -0.2) is 22.3 Å². The van der Waals surface area contributed by atoms with E-state index >= 15 is 0 Å². The van der Waals surface area contributed by atoms with E-state index in [1.807, 2.05) is 6.92 Å². The van der Waals surface area contributed by atoms with Gasteiger partial charge in [-0.2, -0.15) is 0 Å². The van der Waals surface area contributed by atoms with Crippen molar-refractivity contribution in [3.8, 4) is 0 Å². The molecule has 0 saturated carbocycles. The van der Waals surface area contributed by atoms with Gasteiger partial charge in [-0.25, -0.2) is 0 Å². The summed E-state index contributed by atoms with van der Waals surface area (Å²) in [6.07, 6.45) is 4.78. The second kappa shape index (κ2) is 7.80. The van der Waals surface area contributed by atoms with E-state index in [2.05, 4.69) is 0 Å². The maximum Gasteiger partial charge on any atom is 0.306 e. The highest BCUT2D eigenvalue weighted by molar-refractivity contribution is 5.69. The zero-order valence-corrected chi connectivity index (χ0v) is 9.20. The summed E-state index contributed by atoms with van der Waals surface area (Å²) in [6, 6.07) is 0. The predicted octanol–water partition coefficient (Wildman–Crippen LogP) is 2.43. The molecule has 0 aromatic rings. The van der Waals surface area contributed by atoms with Gasteiger partial charge < -0.3 is 10.2 Å². The van der Waals surface area contributed by atoms with Gasteiger partial charge in [0.05, 0.1) is 12.0 Å². The second-order valence-corrected chi connectivity index (χ2v) is 3.96. The molecule has 0 aromatic heterocycles. The summed E-state index contributed by atoms with van der Waals surface area (Å²) in [5, 5.41) is 17.9. The van der Waals surface area contributed by atoms with Gasteiger partial charge in [0, 0.05) is 0 Å². The molecule has 0 aromatic carbocycles. The van der Waals surface area contributed by atoms with Crippen molar-refractivity contribution in [1.29, 1.82) is 0 Å². The van der Waals surface area contributed by atoms with E-state index in [1.165, 1.54) is 0 Å². The first kappa shape index (κ1) is 13.4. The van der Waals surface area contributed by atoms with Crippen LogP contribution in [0.5, 0.6) is 0 Å². The largest absolute Gasteiger partial charge is 0.481 e. The minimum atomic E-state index is -0.677. The topological polar surface area (TPSA) is 57.5 Å². The second-order valence-electron chi connectivity index (χ2n) is 3.96. The van der Waals surface area contributed by atoms with Crippen LogP contribution in [0.4, 0.5) is 0 Å². The number of carbonyl (C=O) groups is 1. The smallest absolute Gasteiger partial charge is 0.306 e. The number of rotatable bonds is 8. The molecule has 0 fully saturated rings. The maximum absolute atomic E-state index is 10.8. The normalized spacial score (nSPS) is 15.1. The van der Waals surface area contributed by atoms with Gasteiger partial charge in [0.2, 0.25) is 0 Å². The van der Waals surface area contributed by atoms with Gasteiger partial charge in [0.1, 0.15) is 0 Å². The SMILES string of the molecule is CCC[C@H](CCCC[C@H](C)O)C(=O)O. The fraction of sp³-hybridized carbons (Fsp3) is 0.909. The monoisotopic (exact) mass is 202 g/mol. The molecule has 0 amide bonds. The van der Waals surface area contributed by atoms with E-state index in [9.17, 15) is 4.79 Å². The van der Waals surface area contributed by atoms with E-state index in [-0.39, 0.29) is 12.0 Å². The lowest BCUT2D eigenvalue weighted by Crippen LogP contribution is -2.13. The number of aliphatic hydroxyl groups is 1. The van der Waals surface area contributed by atoms with E-state index in [0.717, 1.165) is 38.5 Å². The van der Waals surface area contributed by atoms with Crippen molar-refractivity contribution in [2.45, 2.75) is 58.5 Å². The first-order valence-corrected chi connectivity index (χ1v) is 5.48. The van der Waals surface area contributed by atoms with Crippen LogP contribution in [0.3, 0.4) is 0 Å². The molecule has 0 aliphatic carbocycles. The number of hydrogen-bond donors (Lipinski definition) is 2. The summed E-state index contributed by atoms with van der Waals surface area (Å²) in [4.78, 5) is 10.8. The number of carboxylic acids is 1. The van der Waals surface area contributed by atoms with Gasteiger partial charge in [0.15, 0.2) is 0 Å². The fourth-order valence-corrected chi connectivity index (χ4v) is 1.57. The molecule has 0 unspecified atom stereocenters. The van der Waals surface area contributed by atoms with E-state index in [0.29, 0.717) is 0 Å². The maximum atomic E-state index is 10.8. The van der Waals surface area contributed by atoms with Crippen LogP contribution in [0.25, 0.3) is 0 Å². The summed E-state index contributed by atoms with van der Waals surface area (Å²) in [5.74, 6) is -0.863. The molecule has 3 heteroatoms. The fourth-order valence-electron chi connectivity index (χ4n) is 1.57. The Bertz CT molecular complexity index is 155. The van der Waals surface area contributed by atoms with Crippen LogP contribution in [0, 0.1) is 5.92 Å². The van der Waals surface area contributed by atoms with Crippen molar-refractivity contribution in [2.24, 2.45) is 5.92 Å². The van der Waals surface area contributed by atoms with Crippen molar-refractivity contribution in [3.05, 3.63) is 0 Å². The van der Waals surface area contributed by atoms with E-state index in [1.54, 1.807) is 6.92 Å². The third-order valence-electron chi connectivity index (χ3n) is 2.41. The van der Waals surface area contributed by atoms with Crippen LogP contribution >= 0.6 is 0 Å². The molecular weight excluding hydrogens is 180 g/mol. The average molecular weight is 202 g/mol. The Morgan fingerprint density at radius 1 is 1.21 bits per heavy atom. The van der Waals surface area contributed by atoms with Gasteiger partial charge in [-0.3, -0.25) is 4.79 Å². The molecule has 2 N–H and O–H groups in total. The molecule has 0 rings (SSSR count). The van der Waals surface area contributed by atoms with Crippen LogP contribution in [0.1, 0.15) is 52.4 Å². The summed E-state index contributed by atoms with van der Waals surface area (Å²) in [6.45, 7) is 3.77. The van der Waals surface area contributed by atoms with Crippen LogP contribution < -0.4 is 0 Å².